The first-order valence-electron chi connectivity index (χ1n) is 10.6. The SMILES string of the molecule is CCC(C)NS(=O)(=O)c1ccc(C(=O)N(C)Cc2c(C)nn(-c3ccccc3)c2C)cc1. The Hall–Kier alpha value is -2.97. The molecule has 0 saturated carbocycles. The minimum atomic E-state index is -3.60. The van der Waals surface area contributed by atoms with Crippen molar-refractivity contribution in [1.29, 1.82) is 0 Å². The van der Waals surface area contributed by atoms with Crippen molar-refractivity contribution in [2.45, 2.75) is 51.6 Å². The van der Waals surface area contributed by atoms with Crippen LogP contribution in [0.25, 0.3) is 5.69 Å². The van der Waals surface area contributed by atoms with Gasteiger partial charge in [0.2, 0.25) is 10.0 Å². The standard InChI is InChI=1S/C24H30N4O3S/c1-6-17(2)26-32(30,31)22-14-12-20(13-15-22)24(29)27(5)16-23-18(3)25-28(19(23)4)21-10-8-7-9-11-21/h7-15,17,26H,6,16H2,1-5H3. The van der Waals surface area contributed by atoms with Gasteiger partial charge in [-0.15, -0.1) is 0 Å². The number of nitrogens with zero attached hydrogens (tertiary/aromatic N) is 3. The molecule has 8 heteroatoms. The molecule has 0 saturated heterocycles. The lowest BCUT2D eigenvalue weighted by molar-refractivity contribution is 0.0784. The van der Waals surface area contributed by atoms with Gasteiger partial charge in [0.05, 0.1) is 16.3 Å². The van der Waals surface area contributed by atoms with E-state index < -0.39 is 10.0 Å². The molecular formula is C24H30N4O3S. The van der Waals surface area contributed by atoms with E-state index in [1.165, 1.54) is 12.1 Å². The molecule has 0 aliphatic heterocycles. The van der Waals surface area contributed by atoms with Gasteiger partial charge in [-0.3, -0.25) is 4.79 Å². The number of rotatable bonds is 8. The lowest BCUT2D eigenvalue weighted by Gasteiger charge is -2.18. The van der Waals surface area contributed by atoms with Gasteiger partial charge in [0.1, 0.15) is 0 Å². The van der Waals surface area contributed by atoms with Crippen molar-refractivity contribution in [3.05, 3.63) is 77.1 Å². The molecule has 1 unspecified atom stereocenters. The fourth-order valence-electron chi connectivity index (χ4n) is 3.45. The van der Waals surface area contributed by atoms with Crippen LogP contribution in [0.1, 0.15) is 47.6 Å². The molecule has 7 nitrogen and oxygen atoms in total. The van der Waals surface area contributed by atoms with E-state index in [0.717, 1.165) is 22.6 Å². The Kier molecular flexibility index (Phi) is 7.16. The summed E-state index contributed by atoms with van der Waals surface area (Å²) >= 11 is 0. The molecule has 0 fully saturated rings. The molecule has 1 aromatic heterocycles. The van der Waals surface area contributed by atoms with E-state index in [-0.39, 0.29) is 16.8 Å². The molecule has 170 valence electrons. The Morgan fingerprint density at radius 3 is 2.31 bits per heavy atom. The maximum Gasteiger partial charge on any atom is 0.253 e. The van der Waals surface area contributed by atoms with E-state index in [1.54, 1.807) is 24.1 Å². The monoisotopic (exact) mass is 454 g/mol. The van der Waals surface area contributed by atoms with Crippen molar-refractivity contribution >= 4 is 15.9 Å². The summed E-state index contributed by atoms with van der Waals surface area (Å²) in [5.74, 6) is -0.185. The second kappa shape index (κ2) is 9.67. The van der Waals surface area contributed by atoms with Gasteiger partial charge in [0.15, 0.2) is 0 Å². The van der Waals surface area contributed by atoms with Crippen molar-refractivity contribution < 1.29 is 13.2 Å². The molecular weight excluding hydrogens is 424 g/mol. The molecule has 0 bridgehead atoms. The molecule has 2 aromatic carbocycles. The van der Waals surface area contributed by atoms with Crippen LogP contribution in [0.15, 0.2) is 59.5 Å². The highest BCUT2D eigenvalue weighted by molar-refractivity contribution is 7.89. The minimum absolute atomic E-state index is 0.146. The smallest absolute Gasteiger partial charge is 0.253 e. The van der Waals surface area contributed by atoms with Gasteiger partial charge in [-0.1, -0.05) is 25.1 Å². The quantitative estimate of drug-likeness (QED) is 0.561. The molecule has 0 spiro atoms. The summed E-state index contributed by atoms with van der Waals surface area (Å²) in [5.41, 5.74) is 4.23. The predicted octanol–water partition coefficient (Wildman–Crippen LogP) is 3.84. The third kappa shape index (κ3) is 5.08. The van der Waals surface area contributed by atoms with Crippen LogP contribution in [0.2, 0.25) is 0 Å². The number of hydrogen-bond donors (Lipinski definition) is 1. The van der Waals surface area contributed by atoms with Crippen molar-refractivity contribution in [3.63, 3.8) is 0 Å². The van der Waals surface area contributed by atoms with E-state index in [9.17, 15) is 13.2 Å². The second-order valence-corrected chi connectivity index (χ2v) is 9.73. The van der Waals surface area contributed by atoms with Gasteiger partial charge in [0.25, 0.3) is 5.91 Å². The molecule has 1 heterocycles. The van der Waals surface area contributed by atoms with E-state index in [4.69, 9.17) is 0 Å². The minimum Gasteiger partial charge on any atom is -0.337 e. The fourth-order valence-corrected chi connectivity index (χ4v) is 4.77. The molecule has 0 aliphatic rings. The van der Waals surface area contributed by atoms with E-state index >= 15 is 0 Å². The van der Waals surface area contributed by atoms with E-state index in [0.29, 0.717) is 18.5 Å². The number of sulfonamides is 1. The van der Waals surface area contributed by atoms with Gasteiger partial charge in [-0.05, 0) is 63.6 Å². The highest BCUT2D eigenvalue weighted by Crippen LogP contribution is 2.20. The molecule has 0 radical (unpaired) electrons. The van der Waals surface area contributed by atoms with Crippen molar-refractivity contribution in [3.8, 4) is 5.69 Å². The van der Waals surface area contributed by atoms with Gasteiger partial charge in [0, 0.05) is 36.5 Å². The number of aromatic nitrogens is 2. The van der Waals surface area contributed by atoms with Crippen molar-refractivity contribution in [2.24, 2.45) is 0 Å². The van der Waals surface area contributed by atoms with Crippen LogP contribution in [0.4, 0.5) is 0 Å². The number of carbonyl (C=O) groups is 1. The molecule has 1 N–H and O–H groups in total. The lowest BCUT2D eigenvalue weighted by atomic mass is 10.1. The average Bonchev–Trinajstić information content (AvgIpc) is 3.07. The first-order chi connectivity index (χ1) is 15.1. The summed E-state index contributed by atoms with van der Waals surface area (Å²) in [4.78, 5) is 14.7. The van der Waals surface area contributed by atoms with Crippen LogP contribution in [-0.4, -0.2) is 42.1 Å². The van der Waals surface area contributed by atoms with Crippen LogP contribution in [-0.2, 0) is 16.6 Å². The topological polar surface area (TPSA) is 84.3 Å². The Morgan fingerprint density at radius 1 is 1.09 bits per heavy atom. The number of para-hydroxylation sites is 1. The summed E-state index contributed by atoms with van der Waals surface area (Å²) in [7, 11) is -1.87. The fraction of sp³-hybridized carbons (Fsp3) is 0.333. The highest BCUT2D eigenvalue weighted by Gasteiger charge is 2.20. The van der Waals surface area contributed by atoms with Gasteiger partial charge in [-0.2, -0.15) is 5.10 Å². The summed E-state index contributed by atoms with van der Waals surface area (Å²) < 4.78 is 29.4. The number of nitrogens with one attached hydrogen (secondary N) is 1. The van der Waals surface area contributed by atoms with Crippen molar-refractivity contribution in [1.82, 2.24) is 19.4 Å². The van der Waals surface area contributed by atoms with Crippen LogP contribution >= 0.6 is 0 Å². The van der Waals surface area contributed by atoms with E-state index in [1.807, 2.05) is 62.7 Å². The zero-order valence-corrected chi connectivity index (χ0v) is 20.0. The average molecular weight is 455 g/mol. The largest absolute Gasteiger partial charge is 0.337 e. The Balaban J connectivity index is 1.76. The van der Waals surface area contributed by atoms with Gasteiger partial charge in [-0.25, -0.2) is 17.8 Å². The van der Waals surface area contributed by atoms with Gasteiger partial charge < -0.3 is 4.90 Å². The second-order valence-electron chi connectivity index (χ2n) is 8.01. The third-order valence-electron chi connectivity index (χ3n) is 5.56. The van der Waals surface area contributed by atoms with Crippen LogP contribution in [0.3, 0.4) is 0 Å². The Bertz CT molecular complexity index is 1190. The first kappa shape index (κ1) is 23.7. The normalized spacial score (nSPS) is 12.5. The maximum atomic E-state index is 13.0. The molecule has 1 atom stereocenters. The number of carbonyl (C=O) groups excluding carboxylic acids is 1. The van der Waals surface area contributed by atoms with Crippen LogP contribution in [0.5, 0.6) is 0 Å². The van der Waals surface area contributed by atoms with Crippen LogP contribution in [0, 0.1) is 13.8 Å². The summed E-state index contributed by atoms with van der Waals surface area (Å²) in [6, 6.07) is 15.7. The number of amides is 1. The Morgan fingerprint density at radius 2 is 1.72 bits per heavy atom. The zero-order chi connectivity index (χ0) is 23.5. The molecule has 3 aromatic rings. The highest BCUT2D eigenvalue weighted by atomic mass is 32.2. The number of aryl methyl sites for hydroxylation is 1. The summed E-state index contributed by atoms with van der Waals surface area (Å²) in [5, 5.41) is 4.64. The van der Waals surface area contributed by atoms with Crippen LogP contribution < -0.4 is 4.72 Å². The maximum absolute atomic E-state index is 13.0. The predicted molar refractivity (Wildman–Crippen MR) is 125 cm³/mol. The van der Waals surface area contributed by atoms with Crippen molar-refractivity contribution in [2.75, 3.05) is 7.05 Å². The summed E-state index contributed by atoms with van der Waals surface area (Å²) in [6.45, 7) is 8.06. The third-order valence-corrected chi connectivity index (χ3v) is 7.17. The zero-order valence-electron chi connectivity index (χ0n) is 19.2. The Labute approximate surface area is 190 Å². The molecule has 3 rings (SSSR count). The van der Waals surface area contributed by atoms with Gasteiger partial charge >= 0.3 is 0 Å². The molecule has 32 heavy (non-hydrogen) atoms. The number of benzene rings is 2. The van der Waals surface area contributed by atoms with E-state index in [2.05, 4.69) is 9.82 Å². The lowest BCUT2D eigenvalue weighted by Crippen LogP contribution is -2.32. The first-order valence-corrected chi connectivity index (χ1v) is 12.1. The molecule has 0 aliphatic carbocycles. The number of hydrogen-bond acceptors (Lipinski definition) is 4. The molecule has 1 amide bonds. The summed E-state index contributed by atoms with van der Waals surface area (Å²) in [6.07, 6.45) is 0.695.